The maximum atomic E-state index is 13.6. The standard InChI is InChI=1S/C23H26ClN6OS.C2H6.CH3.Y/c1-15-14-30-21(25-22(15)28-9-5-10-28)13-19(26-30)20-6-3-4-11-29(20)23(31)17-12-16(24)7-8-18(17)27-32-2;1-2;;/h5,7-8,12-14,20,27H,3-4,6,9-11H2,1-2H3;1-2H3;1H3;/q-1;;-1;. The number of amides is 1. The molecule has 2 saturated heterocycles. The van der Waals surface area contributed by atoms with Crippen LogP contribution in [0.1, 0.15) is 60.8 Å². The summed E-state index contributed by atoms with van der Waals surface area (Å²) < 4.78 is 5.05. The maximum Gasteiger partial charge on any atom is 0.256 e. The summed E-state index contributed by atoms with van der Waals surface area (Å²) in [6, 6.07) is 7.35. The Bertz CT molecular complexity index is 1170. The minimum absolute atomic E-state index is 0. The number of rotatable bonds is 5. The van der Waals surface area contributed by atoms with E-state index in [0.29, 0.717) is 17.1 Å². The number of anilines is 2. The molecule has 0 aliphatic carbocycles. The Balaban J connectivity index is 0.00000111. The SMILES string of the molecule is CC.CSNc1ccc(Cl)cc1C(=O)N1CCCCC1c1cc2nc(N3C[CH-]C3)c(C)cn2n1.[CH3-].[Y]. The Morgan fingerprint density at radius 2 is 1.97 bits per heavy atom. The average molecular weight is 604 g/mol. The Morgan fingerprint density at radius 3 is 2.64 bits per heavy atom. The second kappa shape index (κ2) is 14.0. The third-order valence-electron chi connectivity index (χ3n) is 6.15. The van der Waals surface area contributed by atoms with Crippen LogP contribution in [0.4, 0.5) is 11.5 Å². The summed E-state index contributed by atoms with van der Waals surface area (Å²) in [6.07, 6.45) is 9.13. The summed E-state index contributed by atoms with van der Waals surface area (Å²) in [5.41, 5.74) is 4.17. The Kier molecular flexibility index (Phi) is 12.0. The van der Waals surface area contributed by atoms with E-state index >= 15 is 0 Å². The molecule has 2 aliphatic rings. The van der Waals surface area contributed by atoms with Gasteiger partial charge in [0.05, 0.1) is 23.0 Å². The number of fused-ring (bicyclic) bond motifs is 1. The molecule has 0 spiro atoms. The zero-order valence-corrected chi connectivity index (χ0v) is 26.2. The molecule has 0 saturated carbocycles. The molecule has 1 aromatic carbocycles. The van der Waals surface area contributed by atoms with Gasteiger partial charge in [0.1, 0.15) is 5.82 Å². The summed E-state index contributed by atoms with van der Waals surface area (Å²) in [4.78, 5) is 22.7. The number of carbonyl (C=O) groups is 1. The molecule has 1 atom stereocenters. The van der Waals surface area contributed by atoms with Gasteiger partial charge in [0, 0.05) is 68.4 Å². The molecule has 2 aliphatic heterocycles. The third kappa shape index (κ3) is 6.37. The van der Waals surface area contributed by atoms with Gasteiger partial charge in [0.15, 0.2) is 5.65 Å². The van der Waals surface area contributed by atoms with Crippen LogP contribution in [0.15, 0.2) is 30.5 Å². The quantitative estimate of drug-likeness (QED) is 0.275. The molecular weight excluding hydrogens is 569 g/mol. The predicted octanol–water partition coefficient (Wildman–Crippen LogP) is 6.25. The van der Waals surface area contributed by atoms with Gasteiger partial charge in [-0.15, -0.1) is 13.1 Å². The Hall–Kier alpha value is -1.35. The fourth-order valence-corrected chi connectivity index (χ4v) is 5.03. The smallest absolute Gasteiger partial charge is 0.256 e. The summed E-state index contributed by atoms with van der Waals surface area (Å²) in [7, 11) is 0. The van der Waals surface area contributed by atoms with Crippen molar-refractivity contribution in [3.63, 3.8) is 0 Å². The van der Waals surface area contributed by atoms with Gasteiger partial charge >= 0.3 is 0 Å². The molecule has 193 valence electrons. The van der Waals surface area contributed by atoms with Crippen molar-refractivity contribution in [1.82, 2.24) is 19.5 Å². The van der Waals surface area contributed by atoms with Gasteiger partial charge in [-0.25, -0.2) is 9.50 Å². The van der Waals surface area contributed by atoms with E-state index in [2.05, 4.69) is 23.0 Å². The minimum Gasteiger partial charge on any atom is -0.416 e. The number of aryl methyl sites for hydroxylation is 1. The molecule has 2 fully saturated rings. The van der Waals surface area contributed by atoms with E-state index in [9.17, 15) is 4.79 Å². The van der Waals surface area contributed by atoms with Crippen LogP contribution in [0.25, 0.3) is 5.65 Å². The van der Waals surface area contributed by atoms with Crippen molar-refractivity contribution in [2.75, 3.05) is 35.5 Å². The van der Waals surface area contributed by atoms with Crippen LogP contribution in [-0.4, -0.2) is 51.3 Å². The minimum atomic E-state index is -0.0832. The van der Waals surface area contributed by atoms with Gasteiger partial charge in [-0.1, -0.05) is 37.4 Å². The van der Waals surface area contributed by atoms with Crippen LogP contribution in [0, 0.1) is 20.8 Å². The van der Waals surface area contributed by atoms with Crippen molar-refractivity contribution in [2.24, 2.45) is 0 Å². The first kappa shape index (κ1) is 30.9. The molecule has 10 heteroatoms. The second-order valence-corrected chi connectivity index (χ2v) is 9.37. The molecule has 1 unspecified atom stereocenters. The van der Waals surface area contributed by atoms with Gasteiger partial charge in [-0.2, -0.15) is 5.10 Å². The summed E-state index contributed by atoms with van der Waals surface area (Å²) in [6.45, 7) is 8.63. The van der Waals surface area contributed by atoms with Crippen LogP contribution >= 0.6 is 23.5 Å². The monoisotopic (exact) mass is 603 g/mol. The number of benzene rings is 1. The fraction of sp³-hybridized carbons (Fsp3) is 0.423. The molecule has 0 bridgehead atoms. The van der Waals surface area contributed by atoms with E-state index in [-0.39, 0.29) is 52.1 Å². The van der Waals surface area contributed by atoms with Crippen molar-refractivity contribution in [3.05, 3.63) is 66.2 Å². The first-order valence-corrected chi connectivity index (χ1v) is 13.5. The molecule has 2 aromatic heterocycles. The normalized spacial score (nSPS) is 16.8. The predicted molar refractivity (Wildman–Crippen MR) is 148 cm³/mol. The van der Waals surface area contributed by atoms with Crippen molar-refractivity contribution in [3.8, 4) is 0 Å². The summed E-state index contributed by atoms with van der Waals surface area (Å²) in [5.74, 6) is 0.987. The molecule has 1 radical (unpaired) electrons. The van der Waals surface area contributed by atoms with Crippen LogP contribution < -0.4 is 9.62 Å². The van der Waals surface area contributed by atoms with E-state index in [1.807, 2.05) is 47.8 Å². The van der Waals surface area contributed by atoms with E-state index < -0.39 is 0 Å². The van der Waals surface area contributed by atoms with Crippen molar-refractivity contribution < 1.29 is 37.5 Å². The van der Waals surface area contributed by atoms with E-state index in [1.165, 1.54) is 11.9 Å². The van der Waals surface area contributed by atoms with Gasteiger partial charge in [0.25, 0.3) is 5.91 Å². The van der Waals surface area contributed by atoms with E-state index in [1.54, 1.807) is 12.1 Å². The molecule has 7 nitrogen and oxygen atoms in total. The largest absolute Gasteiger partial charge is 0.416 e. The number of piperidine rings is 1. The first-order chi connectivity index (χ1) is 16.5. The number of halogens is 1. The van der Waals surface area contributed by atoms with Crippen LogP contribution in [0.5, 0.6) is 0 Å². The van der Waals surface area contributed by atoms with E-state index in [4.69, 9.17) is 21.7 Å². The van der Waals surface area contributed by atoms with E-state index in [0.717, 1.165) is 60.8 Å². The van der Waals surface area contributed by atoms with Crippen LogP contribution in [-0.2, 0) is 32.7 Å². The number of hydrogen-bond donors (Lipinski definition) is 1. The van der Waals surface area contributed by atoms with Crippen LogP contribution in [0.2, 0.25) is 5.02 Å². The van der Waals surface area contributed by atoms with Crippen molar-refractivity contribution in [1.29, 1.82) is 0 Å². The zero-order valence-electron chi connectivity index (χ0n) is 21.8. The molecule has 1 amide bonds. The number of aromatic nitrogens is 3. The van der Waals surface area contributed by atoms with Crippen molar-refractivity contribution >= 4 is 46.6 Å². The number of carbonyl (C=O) groups excluding carboxylic acids is 1. The van der Waals surface area contributed by atoms with Gasteiger partial charge in [0.2, 0.25) is 0 Å². The van der Waals surface area contributed by atoms with Crippen LogP contribution in [0.3, 0.4) is 0 Å². The Labute approximate surface area is 249 Å². The fourth-order valence-electron chi connectivity index (χ4n) is 4.46. The van der Waals surface area contributed by atoms with Gasteiger partial charge in [-0.3, -0.25) is 11.2 Å². The average Bonchev–Trinajstić information content (AvgIpc) is 3.23. The molecule has 4 heterocycles. The first-order valence-electron chi connectivity index (χ1n) is 11.9. The number of nitrogens with zero attached hydrogens (tertiary/aromatic N) is 5. The van der Waals surface area contributed by atoms with Gasteiger partial charge in [-0.05, 0) is 44.4 Å². The topological polar surface area (TPSA) is 65.8 Å². The molecule has 3 aromatic rings. The Morgan fingerprint density at radius 1 is 1.22 bits per heavy atom. The maximum absolute atomic E-state index is 13.6. The van der Waals surface area contributed by atoms with Crippen molar-refractivity contribution in [2.45, 2.75) is 46.1 Å². The molecule has 36 heavy (non-hydrogen) atoms. The number of likely N-dealkylation sites (tertiary alicyclic amines) is 1. The summed E-state index contributed by atoms with van der Waals surface area (Å²) in [5, 5.41) is 5.38. The zero-order chi connectivity index (χ0) is 24.2. The molecule has 1 N–H and O–H groups in total. The second-order valence-electron chi connectivity index (χ2n) is 8.32. The molecule has 5 rings (SSSR count). The summed E-state index contributed by atoms with van der Waals surface area (Å²) >= 11 is 7.70. The van der Waals surface area contributed by atoms with Gasteiger partial charge < -0.3 is 21.9 Å². The number of nitrogens with one attached hydrogen (secondary N) is 1. The number of hydrogen-bond acceptors (Lipinski definition) is 6. The molecular formula is C26H35ClN6OSY-2. The third-order valence-corrected chi connectivity index (χ3v) is 6.81.